The average Bonchev–Trinajstić information content (AvgIpc) is 2.00. The van der Waals surface area contributed by atoms with Gasteiger partial charge in [-0.05, 0) is 12.8 Å². The van der Waals surface area contributed by atoms with Gasteiger partial charge in [0.25, 0.3) is 5.91 Å². The monoisotopic (exact) mass is 220 g/mol. The highest BCUT2D eigenvalue weighted by Crippen LogP contribution is 2.47. The average molecular weight is 220 g/mol. The Labute approximate surface area is 82.7 Å². The van der Waals surface area contributed by atoms with E-state index < -0.39 is 35.4 Å². The van der Waals surface area contributed by atoms with E-state index in [1.807, 2.05) is 0 Å². The summed E-state index contributed by atoms with van der Waals surface area (Å²) in [7, 11) is 0. The van der Waals surface area contributed by atoms with Crippen molar-refractivity contribution < 1.29 is 22.8 Å². The molecule has 1 aliphatic heterocycles. The van der Waals surface area contributed by atoms with E-state index in [0.717, 1.165) is 0 Å². The molecule has 1 heterocycles. The number of carbonyl (C=O) groups excluding carboxylic acids is 2. The van der Waals surface area contributed by atoms with E-state index in [0.29, 0.717) is 6.92 Å². The molecular weight excluding hydrogens is 213 g/mol. The number of hydrogen-bond donors (Lipinski definition) is 2. The molecule has 15 heavy (non-hydrogen) atoms. The third-order valence-corrected chi connectivity index (χ3v) is 2.30. The third-order valence-electron chi connectivity index (χ3n) is 2.30. The van der Waals surface area contributed by atoms with Crippen LogP contribution in [0.15, 0.2) is 5.57 Å². The van der Waals surface area contributed by atoms with Crippen molar-refractivity contribution in [2.75, 3.05) is 0 Å². The van der Waals surface area contributed by atoms with E-state index in [1.165, 1.54) is 5.87 Å². The van der Waals surface area contributed by atoms with Crippen molar-refractivity contribution in [3.63, 3.8) is 0 Å². The molecule has 1 rings (SSSR count). The number of nitrogens with one attached hydrogen (secondary N) is 2. The largest absolute Gasteiger partial charge is 0.399 e. The summed E-state index contributed by atoms with van der Waals surface area (Å²) >= 11 is 0. The zero-order chi connectivity index (χ0) is 11.9. The standard InChI is InChI=1S/C8H7F3N2O2/c1-7(8(9,10)11)2-5(14)13-6(15)4(7)3-12/h12H,2H2,1H3,(H,13,14,15). The zero-order valence-corrected chi connectivity index (χ0v) is 7.66. The molecule has 82 valence electrons. The summed E-state index contributed by atoms with van der Waals surface area (Å²) in [6, 6.07) is 0. The van der Waals surface area contributed by atoms with Crippen molar-refractivity contribution in [1.29, 1.82) is 5.41 Å². The number of rotatable bonds is 0. The SMILES string of the molecule is CC1(C(F)(F)F)CC(=O)NC(=O)C1=C=N. The van der Waals surface area contributed by atoms with Crippen LogP contribution in [0.5, 0.6) is 0 Å². The van der Waals surface area contributed by atoms with Gasteiger partial charge in [-0.25, -0.2) is 0 Å². The van der Waals surface area contributed by atoms with Crippen LogP contribution in [0.3, 0.4) is 0 Å². The highest BCUT2D eigenvalue weighted by Gasteiger charge is 2.59. The maximum atomic E-state index is 12.6. The predicted octanol–water partition coefficient (Wildman–Crippen LogP) is 0.776. The number of piperidine rings is 1. The Morgan fingerprint density at radius 1 is 1.47 bits per heavy atom. The van der Waals surface area contributed by atoms with Gasteiger partial charge in [0, 0.05) is 6.42 Å². The second-order valence-corrected chi connectivity index (χ2v) is 3.38. The Bertz CT molecular complexity index is 382. The number of hydrogen-bond acceptors (Lipinski definition) is 3. The Morgan fingerprint density at radius 2 is 2.00 bits per heavy atom. The van der Waals surface area contributed by atoms with Gasteiger partial charge in [-0.1, -0.05) is 0 Å². The van der Waals surface area contributed by atoms with Gasteiger partial charge in [0.2, 0.25) is 5.91 Å². The first kappa shape index (κ1) is 11.5. The summed E-state index contributed by atoms with van der Waals surface area (Å²) in [5.74, 6) is -0.755. The van der Waals surface area contributed by atoms with E-state index >= 15 is 0 Å². The molecule has 2 N–H and O–H groups in total. The van der Waals surface area contributed by atoms with Crippen molar-refractivity contribution >= 4 is 17.7 Å². The number of amides is 2. The minimum Gasteiger partial charge on any atom is -0.292 e. The highest BCUT2D eigenvalue weighted by molar-refractivity contribution is 6.12. The Kier molecular flexibility index (Phi) is 2.44. The van der Waals surface area contributed by atoms with E-state index in [-0.39, 0.29) is 0 Å². The normalized spacial score (nSPS) is 27.3. The Morgan fingerprint density at radius 3 is 2.40 bits per heavy atom. The van der Waals surface area contributed by atoms with Gasteiger partial charge in [-0.3, -0.25) is 20.3 Å². The first-order valence-electron chi connectivity index (χ1n) is 3.93. The van der Waals surface area contributed by atoms with Crippen LogP contribution in [0.2, 0.25) is 0 Å². The fraction of sp³-hybridized carbons (Fsp3) is 0.500. The molecule has 0 bridgehead atoms. The minimum atomic E-state index is -4.76. The molecule has 0 aromatic carbocycles. The quantitative estimate of drug-likeness (QED) is 0.359. The maximum absolute atomic E-state index is 12.6. The smallest absolute Gasteiger partial charge is 0.292 e. The molecule has 4 nitrogen and oxygen atoms in total. The lowest BCUT2D eigenvalue weighted by atomic mass is 9.76. The molecule has 0 spiro atoms. The van der Waals surface area contributed by atoms with Gasteiger partial charge in [0.1, 0.15) is 5.41 Å². The number of carbonyl (C=O) groups is 2. The molecular formula is C8H7F3N2O2. The molecule has 7 heteroatoms. The lowest BCUT2D eigenvalue weighted by Gasteiger charge is -2.34. The minimum absolute atomic E-state index is 0.709. The van der Waals surface area contributed by atoms with Crippen LogP contribution in [0, 0.1) is 10.8 Å². The van der Waals surface area contributed by atoms with Crippen LogP contribution < -0.4 is 5.32 Å². The van der Waals surface area contributed by atoms with E-state index in [2.05, 4.69) is 0 Å². The molecule has 0 saturated carbocycles. The molecule has 0 aromatic rings. The molecule has 0 aliphatic carbocycles. The van der Waals surface area contributed by atoms with Crippen molar-refractivity contribution in [2.45, 2.75) is 19.5 Å². The summed E-state index contributed by atoms with van der Waals surface area (Å²) in [5.41, 5.74) is -3.48. The lowest BCUT2D eigenvalue weighted by Crippen LogP contribution is -2.52. The van der Waals surface area contributed by atoms with Crippen LogP contribution in [-0.2, 0) is 9.59 Å². The number of halogens is 3. The van der Waals surface area contributed by atoms with Gasteiger partial charge in [-0.2, -0.15) is 13.2 Å². The number of imide groups is 1. The van der Waals surface area contributed by atoms with Gasteiger partial charge >= 0.3 is 6.18 Å². The Balaban J connectivity index is 3.31. The van der Waals surface area contributed by atoms with Crippen molar-refractivity contribution in [2.24, 2.45) is 5.41 Å². The summed E-state index contributed by atoms with van der Waals surface area (Å²) in [5, 5.41) is 8.38. The maximum Gasteiger partial charge on any atom is 0.399 e. The zero-order valence-electron chi connectivity index (χ0n) is 7.66. The second kappa shape index (κ2) is 3.20. The highest BCUT2D eigenvalue weighted by atomic mass is 19.4. The first-order chi connectivity index (χ1) is 6.72. The van der Waals surface area contributed by atoms with Crippen LogP contribution in [0.1, 0.15) is 13.3 Å². The van der Waals surface area contributed by atoms with Crippen LogP contribution in [-0.4, -0.2) is 23.9 Å². The van der Waals surface area contributed by atoms with E-state index in [1.54, 1.807) is 5.32 Å². The fourth-order valence-electron chi connectivity index (χ4n) is 1.33. The van der Waals surface area contributed by atoms with Gasteiger partial charge in [0.15, 0.2) is 0 Å². The molecule has 1 unspecified atom stereocenters. The van der Waals surface area contributed by atoms with Crippen LogP contribution >= 0.6 is 0 Å². The summed E-state index contributed by atoms with van der Waals surface area (Å²) in [4.78, 5) is 21.9. The summed E-state index contributed by atoms with van der Waals surface area (Å²) in [6.07, 6.45) is -5.66. The molecule has 0 aromatic heterocycles. The molecule has 1 saturated heterocycles. The Hall–Kier alpha value is -1.62. The molecule has 1 atom stereocenters. The second-order valence-electron chi connectivity index (χ2n) is 3.38. The van der Waals surface area contributed by atoms with Gasteiger partial charge < -0.3 is 0 Å². The lowest BCUT2D eigenvalue weighted by molar-refractivity contribution is -0.209. The first-order valence-corrected chi connectivity index (χ1v) is 3.93. The number of alkyl halides is 3. The van der Waals surface area contributed by atoms with Crippen molar-refractivity contribution in [3.8, 4) is 0 Å². The van der Waals surface area contributed by atoms with Crippen LogP contribution in [0.4, 0.5) is 13.2 Å². The molecule has 0 radical (unpaired) electrons. The molecule has 1 fully saturated rings. The molecule has 2 amide bonds. The van der Waals surface area contributed by atoms with Gasteiger partial charge in [-0.15, -0.1) is 0 Å². The topological polar surface area (TPSA) is 70.0 Å². The van der Waals surface area contributed by atoms with Crippen molar-refractivity contribution in [1.82, 2.24) is 5.32 Å². The summed E-state index contributed by atoms with van der Waals surface area (Å²) in [6.45, 7) is 0.709. The van der Waals surface area contributed by atoms with E-state index in [4.69, 9.17) is 5.41 Å². The summed E-state index contributed by atoms with van der Waals surface area (Å²) < 4.78 is 37.9. The van der Waals surface area contributed by atoms with E-state index in [9.17, 15) is 22.8 Å². The third kappa shape index (κ3) is 1.66. The van der Waals surface area contributed by atoms with Crippen molar-refractivity contribution in [3.05, 3.63) is 5.57 Å². The van der Waals surface area contributed by atoms with Crippen LogP contribution in [0.25, 0.3) is 0 Å². The predicted molar refractivity (Wildman–Crippen MR) is 43.2 cm³/mol. The molecule has 1 aliphatic rings. The van der Waals surface area contributed by atoms with Gasteiger partial charge in [0.05, 0.1) is 5.57 Å². The fourth-order valence-corrected chi connectivity index (χ4v) is 1.33.